The number of carbonyl (C=O) groups excluding carboxylic acids is 1. The van der Waals surface area contributed by atoms with Gasteiger partial charge in [0.25, 0.3) is 5.91 Å². The number of methoxy groups -OCH3 is 1. The predicted molar refractivity (Wildman–Crippen MR) is 78.0 cm³/mol. The van der Waals surface area contributed by atoms with Gasteiger partial charge in [0, 0.05) is 38.0 Å². The van der Waals surface area contributed by atoms with Crippen LogP contribution < -0.4 is 5.56 Å². The van der Waals surface area contributed by atoms with Crippen molar-refractivity contribution in [1.82, 2.24) is 14.8 Å². The highest BCUT2D eigenvalue weighted by molar-refractivity contribution is 5.94. The van der Waals surface area contributed by atoms with Crippen molar-refractivity contribution < 1.29 is 9.53 Å². The highest BCUT2D eigenvalue weighted by Crippen LogP contribution is 2.03. The molecule has 0 aromatic carbocycles. The molecule has 1 rings (SSSR count). The number of H-pyrrole nitrogens is 1. The molecule has 20 heavy (non-hydrogen) atoms. The Morgan fingerprint density at radius 3 is 2.65 bits per heavy atom. The SMILES string of the molecule is COCCN(CCCN(C)C)C(=O)c1cc[nH]c(=O)c1. The highest BCUT2D eigenvalue weighted by atomic mass is 16.5. The van der Waals surface area contributed by atoms with Gasteiger partial charge in [0.2, 0.25) is 5.56 Å². The third kappa shape index (κ3) is 5.54. The van der Waals surface area contributed by atoms with E-state index in [1.54, 1.807) is 18.1 Å². The van der Waals surface area contributed by atoms with Crippen LogP contribution in [0.5, 0.6) is 0 Å². The molecule has 0 fully saturated rings. The molecule has 0 bridgehead atoms. The van der Waals surface area contributed by atoms with Crippen LogP contribution in [0.25, 0.3) is 0 Å². The Bertz CT molecular complexity index is 471. The molecule has 0 unspecified atom stereocenters. The standard InChI is InChI=1S/C14H23N3O3/c1-16(2)7-4-8-17(9-10-20-3)14(19)12-5-6-15-13(18)11-12/h5-6,11H,4,7-10H2,1-3H3,(H,15,18). The quantitative estimate of drug-likeness (QED) is 0.750. The second-order valence-electron chi connectivity index (χ2n) is 4.88. The van der Waals surface area contributed by atoms with E-state index in [-0.39, 0.29) is 11.5 Å². The van der Waals surface area contributed by atoms with Gasteiger partial charge in [0.05, 0.1) is 6.61 Å². The molecule has 1 N–H and O–H groups in total. The Labute approximate surface area is 119 Å². The number of hydrogen-bond acceptors (Lipinski definition) is 4. The first-order valence-corrected chi connectivity index (χ1v) is 6.66. The summed E-state index contributed by atoms with van der Waals surface area (Å²) in [6.45, 7) is 2.56. The predicted octanol–water partition coefficient (Wildman–Crippen LogP) is 0.415. The smallest absolute Gasteiger partial charge is 0.254 e. The van der Waals surface area contributed by atoms with Gasteiger partial charge in [-0.3, -0.25) is 9.59 Å². The number of aromatic amines is 1. The number of ether oxygens (including phenoxy) is 1. The average Bonchev–Trinajstić information content (AvgIpc) is 2.41. The van der Waals surface area contributed by atoms with E-state index in [1.165, 1.54) is 12.3 Å². The lowest BCUT2D eigenvalue weighted by Gasteiger charge is -2.23. The number of carbonyl (C=O) groups is 1. The Morgan fingerprint density at radius 2 is 2.05 bits per heavy atom. The van der Waals surface area contributed by atoms with E-state index in [0.29, 0.717) is 25.3 Å². The fourth-order valence-corrected chi connectivity index (χ4v) is 1.85. The monoisotopic (exact) mass is 281 g/mol. The maximum absolute atomic E-state index is 12.4. The Morgan fingerprint density at radius 1 is 1.30 bits per heavy atom. The Hall–Kier alpha value is -1.66. The van der Waals surface area contributed by atoms with Crippen LogP contribution >= 0.6 is 0 Å². The molecule has 0 atom stereocenters. The lowest BCUT2D eigenvalue weighted by Crippen LogP contribution is -2.36. The van der Waals surface area contributed by atoms with Gasteiger partial charge in [0.15, 0.2) is 0 Å². The lowest BCUT2D eigenvalue weighted by atomic mass is 10.2. The summed E-state index contributed by atoms with van der Waals surface area (Å²) in [5.41, 5.74) is 0.144. The molecule has 0 saturated carbocycles. The van der Waals surface area contributed by atoms with Gasteiger partial charge in [-0.25, -0.2) is 0 Å². The zero-order chi connectivity index (χ0) is 15.0. The van der Waals surface area contributed by atoms with Gasteiger partial charge in [-0.05, 0) is 33.1 Å². The largest absolute Gasteiger partial charge is 0.383 e. The van der Waals surface area contributed by atoms with Crippen LogP contribution in [0, 0.1) is 0 Å². The minimum Gasteiger partial charge on any atom is -0.383 e. The second-order valence-corrected chi connectivity index (χ2v) is 4.88. The maximum atomic E-state index is 12.4. The van der Waals surface area contributed by atoms with Gasteiger partial charge in [-0.2, -0.15) is 0 Å². The van der Waals surface area contributed by atoms with E-state index in [9.17, 15) is 9.59 Å². The summed E-state index contributed by atoms with van der Waals surface area (Å²) in [5.74, 6) is -0.132. The van der Waals surface area contributed by atoms with Crippen molar-refractivity contribution in [2.24, 2.45) is 0 Å². The van der Waals surface area contributed by atoms with E-state index in [0.717, 1.165) is 13.0 Å². The third-order valence-corrected chi connectivity index (χ3v) is 2.91. The van der Waals surface area contributed by atoms with E-state index >= 15 is 0 Å². The van der Waals surface area contributed by atoms with Crippen LogP contribution in [-0.2, 0) is 4.74 Å². The van der Waals surface area contributed by atoms with E-state index < -0.39 is 0 Å². The molecule has 1 amide bonds. The molecule has 112 valence electrons. The maximum Gasteiger partial charge on any atom is 0.254 e. The first-order valence-electron chi connectivity index (χ1n) is 6.66. The van der Waals surface area contributed by atoms with Crippen molar-refractivity contribution >= 4 is 5.91 Å². The molecular weight excluding hydrogens is 258 g/mol. The number of nitrogens with one attached hydrogen (secondary N) is 1. The fraction of sp³-hybridized carbons (Fsp3) is 0.571. The van der Waals surface area contributed by atoms with Crippen molar-refractivity contribution in [3.8, 4) is 0 Å². The summed E-state index contributed by atoms with van der Waals surface area (Å²) in [6, 6.07) is 2.95. The minimum atomic E-state index is -0.268. The van der Waals surface area contributed by atoms with Gasteiger partial charge in [-0.15, -0.1) is 0 Å². The zero-order valence-electron chi connectivity index (χ0n) is 12.4. The molecule has 1 heterocycles. The molecule has 0 aliphatic rings. The summed E-state index contributed by atoms with van der Waals surface area (Å²) in [7, 11) is 5.60. The summed E-state index contributed by atoms with van der Waals surface area (Å²) in [5, 5.41) is 0. The van der Waals surface area contributed by atoms with E-state index in [2.05, 4.69) is 9.88 Å². The van der Waals surface area contributed by atoms with Crippen LogP contribution in [0.15, 0.2) is 23.1 Å². The first kappa shape index (κ1) is 16.4. The number of aromatic nitrogens is 1. The molecule has 0 radical (unpaired) electrons. The molecule has 0 aliphatic heterocycles. The Kier molecular flexibility index (Phi) is 6.97. The summed E-state index contributed by atoms with van der Waals surface area (Å²) in [4.78, 5) is 30.0. The normalized spacial score (nSPS) is 10.8. The Balaban J connectivity index is 2.70. The zero-order valence-corrected chi connectivity index (χ0v) is 12.4. The number of rotatable bonds is 8. The fourth-order valence-electron chi connectivity index (χ4n) is 1.85. The summed E-state index contributed by atoms with van der Waals surface area (Å²) in [6.07, 6.45) is 2.37. The van der Waals surface area contributed by atoms with Crippen LogP contribution in [0.4, 0.5) is 0 Å². The van der Waals surface area contributed by atoms with E-state index in [4.69, 9.17) is 4.74 Å². The van der Waals surface area contributed by atoms with Gasteiger partial charge >= 0.3 is 0 Å². The number of nitrogens with zero attached hydrogens (tertiary/aromatic N) is 2. The second kappa shape index (κ2) is 8.50. The van der Waals surface area contributed by atoms with Crippen molar-refractivity contribution in [3.63, 3.8) is 0 Å². The van der Waals surface area contributed by atoms with Crippen LogP contribution in [0.1, 0.15) is 16.8 Å². The average molecular weight is 281 g/mol. The van der Waals surface area contributed by atoms with Crippen molar-refractivity contribution in [2.45, 2.75) is 6.42 Å². The molecular formula is C14H23N3O3. The van der Waals surface area contributed by atoms with Crippen LogP contribution in [-0.4, -0.2) is 68.1 Å². The van der Waals surface area contributed by atoms with Crippen molar-refractivity contribution in [3.05, 3.63) is 34.2 Å². The number of pyridine rings is 1. The third-order valence-electron chi connectivity index (χ3n) is 2.91. The van der Waals surface area contributed by atoms with Crippen molar-refractivity contribution in [2.75, 3.05) is 47.4 Å². The number of hydrogen-bond donors (Lipinski definition) is 1. The summed E-state index contributed by atoms with van der Waals surface area (Å²) >= 11 is 0. The van der Waals surface area contributed by atoms with Crippen LogP contribution in [0.3, 0.4) is 0 Å². The van der Waals surface area contributed by atoms with Crippen LogP contribution in [0.2, 0.25) is 0 Å². The topological polar surface area (TPSA) is 65.6 Å². The van der Waals surface area contributed by atoms with Crippen molar-refractivity contribution in [1.29, 1.82) is 0 Å². The van der Waals surface area contributed by atoms with Gasteiger partial charge < -0.3 is 19.5 Å². The molecule has 0 spiro atoms. The molecule has 1 aromatic rings. The molecule has 6 nitrogen and oxygen atoms in total. The molecule has 6 heteroatoms. The highest BCUT2D eigenvalue weighted by Gasteiger charge is 2.15. The molecule has 0 saturated heterocycles. The molecule has 0 aliphatic carbocycles. The van der Waals surface area contributed by atoms with E-state index in [1.807, 2.05) is 14.1 Å². The summed E-state index contributed by atoms with van der Waals surface area (Å²) < 4.78 is 5.04. The molecule has 1 aromatic heterocycles. The first-order chi connectivity index (χ1) is 9.54. The number of amides is 1. The lowest BCUT2D eigenvalue weighted by molar-refractivity contribution is 0.0689. The van der Waals surface area contributed by atoms with Gasteiger partial charge in [0.1, 0.15) is 0 Å². The van der Waals surface area contributed by atoms with Gasteiger partial charge in [-0.1, -0.05) is 0 Å². The minimum absolute atomic E-state index is 0.132.